The largest absolute Gasteiger partial charge is 0.393 e. The molecule has 1 amide bonds. The van der Waals surface area contributed by atoms with Crippen LogP contribution in [0.5, 0.6) is 0 Å². The van der Waals surface area contributed by atoms with Crippen LogP contribution in [0.4, 0.5) is 0 Å². The summed E-state index contributed by atoms with van der Waals surface area (Å²) in [6, 6.07) is 3.92. The van der Waals surface area contributed by atoms with Crippen LogP contribution < -0.4 is 5.32 Å². The summed E-state index contributed by atoms with van der Waals surface area (Å²) in [6.07, 6.45) is 3.06. The van der Waals surface area contributed by atoms with E-state index in [0.29, 0.717) is 19.4 Å². The van der Waals surface area contributed by atoms with Crippen LogP contribution in [0, 0.1) is 0 Å². The van der Waals surface area contributed by atoms with Crippen molar-refractivity contribution < 1.29 is 9.90 Å². The van der Waals surface area contributed by atoms with E-state index >= 15 is 0 Å². The highest BCUT2D eigenvalue weighted by molar-refractivity contribution is 5.75. The number of pyridine rings is 1. The van der Waals surface area contributed by atoms with Crippen LogP contribution in [0.1, 0.15) is 37.9 Å². The lowest BCUT2D eigenvalue weighted by molar-refractivity contribution is -0.121. The predicted molar refractivity (Wildman–Crippen MR) is 66.4 cm³/mol. The van der Waals surface area contributed by atoms with Gasteiger partial charge in [-0.25, -0.2) is 0 Å². The number of rotatable bonds is 6. The molecule has 1 aromatic heterocycles. The Balaban J connectivity index is 2.42. The molecule has 1 atom stereocenters. The van der Waals surface area contributed by atoms with Gasteiger partial charge in [-0.1, -0.05) is 13.0 Å². The maximum atomic E-state index is 11.5. The Morgan fingerprint density at radius 2 is 2.35 bits per heavy atom. The molecule has 0 fully saturated rings. The third-order valence-electron chi connectivity index (χ3n) is 2.61. The first-order valence-corrected chi connectivity index (χ1v) is 6.01. The van der Waals surface area contributed by atoms with Crippen LogP contribution in [0.25, 0.3) is 0 Å². The van der Waals surface area contributed by atoms with Crippen molar-refractivity contribution in [2.75, 3.05) is 0 Å². The van der Waals surface area contributed by atoms with E-state index in [9.17, 15) is 4.79 Å². The molecule has 0 spiro atoms. The molecule has 1 aromatic rings. The molecular weight excluding hydrogens is 216 g/mol. The molecule has 0 bridgehead atoms. The van der Waals surface area contributed by atoms with Crippen LogP contribution in [-0.4, -0.2) is 22.1 Å². The summed E-state index contributed by atoms with van der Waals surface area (Å²) in [5, 5.41) is 11.9. The number of aryl methyl sites for hydroxylation is 1. The zero-order valence-corrected chi connectivity index (χ0v) is 10.4. The average molecular weight is 236 g/mol. The lowest BCUT2D eigenvalue weighted by Crippen LogP contribution is -2.24. The van der Waals surface area contributed by atoms with Gasteiger partial charge in [-0.3, -0.25) is 9.78 Å². The zero-order chi connectivity index (χ0) is 12.7. The van der Waals surface area contributed by atoms with Crippen molar-refractivity contribution in [3.05, 3.63) is 29.6 Å². The third kappa shape index (κ3) is 4.95. The first-order chi connectivity index (χ1) is 8.13. The number of carbonyl (C=O) groups excluding carboxylic acids is 1. The summed E-state index contributed by atoms with van der Waals surface area (Å²) in [5.74, 6) is -0.0430. The molecule has 0 radical (unpaired) electrons. The number of aliphatic hydroxyl groups is 1. The highest BCUT2D eigenvalue weighted by Gasteiger charge is 2.06. The molecule has 1 unspecified atom stereocenters. The average Bonchev–Trinajstić information content (AvgIpc) is 2.34. The Kier molecular flexibility index (Phi) is 5.63. The van der Waals surface area contributed by atoms with E-state index in [4.69, 9.17) is 5.11 Å². The molecular formula is C13H20N2O2. The molecule has 4 nitrogen and oxygen atoms in total. The lowest BCUT2D eigenvalue weighted by Gasteiger charge is -2.08. The first-order valence-electron chi connectivity index (χ1n) is 6.01. The number of hydrogen-bond donors (Lipinski definition) is 2. The minimum atomic E-state index is -0.429. The van der Waals surface area contributed by atoms with Gasteiger partial charge in [-0.05, 0) is 31.4 Å². The molecule has 0 aliphatic heterocycles. The Bertz CT molecular complexity index is 364. The molecule has 0 aliphatic carbocycles. The molecule has 0 saturated carbocycles. The Labute approximate surface area is 102 Å². The van der Waals surface area contributed by atoms with Crippen LogP contribution >= 0.6 is 0 Å². The Hall–Kier alpha value is -1.42. The molecule has 0 aromatic carbocycles. The zero-order valence-electron chi connectivity index (χ0n) is 10.4. The van der Waals surface area contributed by atoms with Crippen LogP contribution in [0.2, 0.25) is 0 Å². The summed E-state index contributed by atoms with van der Waals surface area (Å²) in [6.45, 7) is 4.21. The third-order valence-corrected chi connectivity index (χ3v) is 2.61. The van der Waals surface area contributed by atoms with E-state index in [1.165, 1.54) is 0 Å². The summed E-state index contributed by atoms with van der Waals surface area (Å²) in [5.41, 5.74) is 2.07. The molecule has 0 saturated heterocycles. The number of amides is 1. The van der Waals surface area contributed by atoms with E-state index in [1.807, 2.05) is 12.1 Å². The fraction of sp³-hybridized carbons (Fsp3) is 0.538. The summed E-state index contributed by atoms with van der Waals surface area (Å²) in [4.78, 5) is 15.7. The lowest BCUT2D eigenvalue weighted by atomic mass is 10.1. The first kappa shape index (κ1) is 13.6. The van der Waals surface area contributed by atoms with Gasteiger partial charge in [0.1, 0.15) is 0 Å². The number of aromatic nitrogens is 1. The van der Waals surface area contributed by atoms with Crippen molar-refractivity contribution in [2.45, 2.75) is 45.8 Å². The van der Waals surface area contributed by atoms with Crippen molar-refractivity contribution in [1.29, 1.82) is 0 Å². The van der Waals surface area contributed by atoms with Gasteiger partial charge in [0.15, 0.2) is 0 Å². The summed E-state index contributed by atoms with van der Waals surface area (Å²) < 4.78 is 0. The van der Waals surface area contributed by atoms with Gasteiger partial charge >= 0.3 is 0 Å². The van der Waals surface area contributed by atoms with Gasteiger partial charge in [0.05, 0.1) is 18.3 Å². The van der Waals surface area contributed by atoms with Crippen molar-refractivity contribution in [3.63, 3.8) is 0 Å². The fourth-order valence-corrected chi connectivity index (χ4v) is 1.56. The maximum Gasteiger partial charge on any atom is 0.220 e. The monoisotopic (exact) mass is 236 g/mol. The fourth-order valence-electron chi connectivity index (χ4n) is 1.56. The Morgan fingerprint density at radius 3 is 3.00 bits per heavy atom. The second-order valence-electron chi connectivity index (χ2n) is 4.13. The minimum absolute atomic E-state index is 0.0430. The second-order valence-corrected chi connectivity index (χ2v) is 4.13. The number of hydrogen-bond acceptors (Lipinski definition) is 3. The summed E-state index contributed by atoms with van der Waals surface area (Å²) >= 11 is 0. The molecule has 4 heteroatoms. The van der Waals surface area contributed by atoms with Gasteiger partial charge in [0.2, 0.25) is 5.91 Å². The van der Waals surface area contributed by atoms with Gasteiger partial charge in [0.25, 0.3) is 0 Å². The van der Waals surface area contributed by atoms with Gasteiger partial charge in [-0.2, -0.15) is 0 Å². The van der Waals surface area contributed by atoms with Crippen LogP contribution in [0.3, 0.4) is 0 Å². The van der Waals surface area contributed by atoms with E-state index in [2.05, 4.69) is 17.2 Å². The van der Waals surface area contributed by atoms with E-state index in [1.54, 1.807) is 13.1 Å². The normalized spacial score (nSPS) is 12.2. The van der Waals surface area contributed by atoms with E-state index < -0.39 is 6.10 Å². The number of nitrogens with zero attached hydrogens (tertiary/aromatic N) is 1. The Morgan fingerprint density at radius 1 is 1.59 bits per heavy atom. The smallest absolute Gasteiger partial charge is 0.220 e. The topological polar surface area (TPSA) is 62.2 Å². The number of carbonyl (C=O) groups is 1. The van der Waals surface area contributed by atoms with E-state index in [0.717, 1.165) is 17.7 Å². The number of nitrogens with one attached hydrogen (secondary N) is 1. The minimum Gasteiger partial charge on any atom is -0.393 e. The van der Waals surface area contributed by atoms with Crippen LogP contribution in [-0.2, 0) is 17.8 Å². The maximum absolute atomic E-state index is 11.5. The highest BCUT2D eigenvalue weighted by Crippen LogP contribution is 2.05. The van der Waals surface area contributed by atoms with Gasteiger partial charge < -0.3 is 10.4 Å². The van der Waals surface area contributed by atoms with Crippen LogP contribution in [0.15, 0.2) is 18.3 Å². The van der Waals surface area contributed by atoms with Gasteiger partial charge in [0, 0.05) is 12.6 Å². The second kappa shape index (κ2) is 7.01. The van der Waals surface area contributed by atoms with Crippen molar-refractivity contribution in [3.8, 4) is 0 Å². The SMILES string of the molecule is CCc1cccnc1CNC(=O)CCC(C)O. The molecule has 94 valence electrons. The number of aliphatic hydroxyl groups excluding tert-OH is 1. The molecule has 17 heavy (non-hydrogen) atoms. The molecule has 1 rings (SSSR count). The highest BCUT2D eigenvalue weighted by atomic mass is 16.3. The molecule has 1 heterocycles. The molecule has 2 N–H and O–H groups in total. The quantitative estimate of drug-likeness (QED) is 0.785. The van der Waals surface area contributed by atoms with Gasteiger partial charge in [-0.15, -0.1) is 0 Å². The van der Waals surface area contributed by atoms with Crippen molar-refractivity contribution >= 4 is 5.91 Å². The summed E-state index contributed by atoms with van der Waals surface area (Å²) in [7, 11) is 0. The predicted octanol–water partition coefficient (Wildman–Crippen LogP) is 1.42. The van der Waals surface area contributed by atoms with E-state index in [-0.39, 0.29) is 5.91 Å². The standard InChI is InChI=1S/C13H20N2O2/c1-3-11-5-4-8-14-12(11)9-15-13(17)7-6-10(2)16/h4-5,8,10,16H,3,6-7,9H2,1-2H3,(H,15,17). The van der Waals surface area contributed by atoms with Crippen molar-refractivity contribution in [2.24, 2.45) is 0 Å². The molecule has 0 aliphatic rings. The van der Waals surface area contributed by atoms with Crippen molar-refractivity contribution in [1.82, 2.24) is 10.3 Å².